The van der Waals surface area contributed by atoms with E-state index in [1.807, 2.05) is 26.0 Å². The van der Waals surface area contributed by atoms with E-state index in [2.05, 4.69) is 25.0 Å². The molecule has 0 aromatic heterocycles. The Morgan fingerprint density at radius 2 is 1.83 bits per heavy atom. The van der Waals surface area contributed by atoms with Gasteiger partial charge in [-0.2, -0.15) is 0 Å². The van der Waals surface area contributed by atoms with E-state index in [-0.39, 0.29) is 11.6 Å². The molecule has 3 nitrogen and oxygen atoms in total. The van der Waals surface area contributed by atoms with Gasteiger partial charge in [0, 0.05) is 0 Å². The van der Waals surface area contributed by atoms with E-state index in [4.69, 9.17) is 5.26 Å². The van der Waals surface area contributed by atoms with Gasteiger partial charge in [-0.3, -0.25) is 0 Å². The van der Waals surface area contributed by atoms with Crippen LogP contribution in [-0.2, 0) is 4.79 Å². The molecule has 1 aliphatic heterocycles. The predicted molar refractivity (Wildman–Crippen MR) is 101 cm³/mol. The van der Waals surface area contributed by atoms with Gasteiger partial charge in [0.1, 0.15) is 0 Å². The van der Waals surface area contributed by atoms with Gasteiger partial charge in [-0.25, -0.2) is 0 Å². The van der Waals surface area contributed by atoms with Crippen LogP contribution in [0.3, 0.4) is 0 Å². The van der Waals surface area contributed by atoms with E-state index >= 15 is 0 Å². The average molecular weight is 332 g/mol. The zero-order chi connectivity index (χ0) is 17.0. The predicted octanol–water partition coefficient (Wildman–Crippen LogP) is 4.46. The number of carbonyl (C=O) groups is 1. The van der Waals surface area contributed by atoms with Crippen molar-refractivity contribution in [3.8, 4) is 6.07 Å². The van der Waals surface area contributed by atoms with Gasteiger partial charge in [0.2, 0.25) is 0 Å². The van der Waals surface area contributed by atoms with E-state index in [9.17, 15) is 4.79 Å². The first-order valence-corrected chi connectivity index (χ1v) is 11.7. The van der Waals surface area contributed by atoms with Crippen LogP contribution in [0.2, 0.25) is 0 Å². The summed E-state index contributed by atoms with van der Waals surface area (Å²) in [4.78, 5) is 13.0. The van der Waals surface area contributed by atoms with Gasteiger partial charge in [-0.15, -0.1) is 0 Å². The molecule has 23 heavy (non-hydrogen) atoms. The van der Waals surface area contributed by atoms with Gasteiger partial charge in [-0.05, 0) is 0 Å². The van der Waals surface area contributed by atoms with Crippen LogP contribution in [-0.4, -0.2) is 30.6 Å². The van der Waals surface area contributed by atoms with E-state index in [1.165, 1.54) is 31.6 Å². The molecule has 0 aliphatic carbocycles. The topological polar surface area (TPSA) is 52.9 Å². The Bertz CT molecular complexity index is 604. The third-order valence-electron chi connectivity index (χ3n) is 5.47. The van der Waals surface area contributed by atoms with Crippen LogP contribution in [0.4, 0.5) is 5.69 Å². The molecule has 1 unspecified atom stereocenters. The average Bonchev–Trinajstić information content (AvgIpc) is 2.51. The second-order valence-corrected chi connectivity index (χ2v) is 12.3. The van der Waals surface area contributed by atoms with Crippen molar-refractivity contribution in [2.45, 2.75) is 52.1 Å². The number of benzene rings is 1. The molecule has 1 heterocycles. The molecule has 1 saturated heterocycles. The van der Waals surface area contributed by atoms with Crippen LogP contribution in [0.1, 0.15) is 49.3 Å². The first-order chi connectivity index (χ1) is 10.9. The number of hydrogen-bond acceptors (Lipinski definition) is 2. The summed E-state index contributed by atoms with van der Waals surface area (Å²) >= 11 is 0. The van der Waals surface area contributed by atoms with Crippen LogP contribution in [0.15, 0.2) is 12.1 Å². The molecular formula is C19H29N2OP. The van der Waals surface area contributed by atoms with Crippen molar-refractivity contribution in [3.05, 3.63) is 28.8 Å². The summed E-state index contributed by atoms with van der Waals surface area (Å²) in [6.07, 6.45) is 7.41. The number of anilines is 1. The summed E-state index contributed by atoms with van der Waals surface area (Å²) in [7, 11) is -1.50. The van der Waals surface area contributed by atoms with Crippen molar-refractivity contribution in [1.82, 2.24) is 0 Å². The molecule has 1 atom stereocenters. The zero-order valence-corrected chi connectivity index (χ0v) is 15.8. The Hall–Kier alpha value is -1.39. The van der Waals surface area contributed by atoms with Crippen LogP contribution in [0, 0.1) is 25.2 Å². The normalized spacial score (nSPS) is 19.4. The molecule has 2 rings (SSSR count). The summed E-state index contributed by atoms with van der Waals surface area (Å²) in [5.74, 6) is 0.194. The molecule has 126 valence electrons. The van der Waals surface area contributed by atoms with Crippen LogP contribution >= 0.6 is 7.26 Å². The fourth-order valence-electron chi connectivity index (χ4n) is 4.14. The number of nitriles is 1. The molecule has 1 aromatic carbocycles. The third kappa shape index (κ3) is 3.93. The Balaban J connectivity index is 2.22. The molecule has 1 amide bonds. The number of aryl methyl sites for hydroxylation is 2. The molecule has 1 aliphatic rings. The quantitative estimate of drug-likeness (QED) is 0.828. The number of carbonyl (C=O) groups excluding carboxylic acids is 1. The molecule has 0 saturated carbocycles. The van der Waals surface area contributed by atoms with Gasteiger partial charge in [0.05, 0.1) is 0 Å². The maximum absolute atomic E-state index is 13.0. The summed E-state index contributed by atoms with van der Waals surface area (Å²) in [5.41, 5.74) is 3.68. The summed E-state index contributed by atoms with van der Waals surface area (Å²) in [6.45, 7) is 8.49. The van der Waals surface area contributed by atoms with Crippen molar-refractivity contribution < 1.29 is 4.79 Å². The Labute approximate surface area is 140 Å². The maximum atomic E-state index is 13.0. The van der Waals surface area contributed by atoms with E-state index in [1.54, 1.807) is 0 Å². The van der Waals surface area contributed by atoms with Crippen LogP contribution < -0.4 is 5.32 Å². The fourth-order valence-corrected chi connectivity index (χ4v) is 8.89. The molecule has 0 spiro atoms. The second kappa shape index (κ2) is 7.45. The number of rotatable bonds is 4. The molecule has 1 N–H and O–H groups in total. The Kier molecular flexibility index (Phi) is 5.82. The molecule has 0 bridgehead atoms. The van der Waals surface area contributed by atoms with Gasteiger partial charge < -0.3 is 0 Å². The SMILES string of the molecule is CCC(C(=O)Nc1c(C)cc(C#N)cc1C)[PH]1(C)CCCCC1. The molecule has 1 fully saturated rings. The van der Waals surface area contributed by atoms with E-state index < -0.39 is 7.26 Å². The van der Waals surface area contributed by atoms with Crippen molar-refractivity contribution >= 4 is 18.9 Å². The van der Waals surface area contributed by atoms with Gasteiger partial charge in [0.15, 0.2) is 0 Å². The number of hydrogen-bond donors (Lipinski definition) is 1. The number of nitrogens with one attached hydrogen (secondary N) is 1. The van der Waals surface area contributed by atoms with E-state index in [0.717, 1.165) is 23.2 Å². The van der Waals surface area contributed by atoms with Crippen molar-refractivity contribution in [2.24, 2.45) is 0 Å². The standard InChI is InChI=1S/C19H29N2OP/c1-5-17(23(4)9-7-6-8-10-23)19(22)21-18-14(2)11-16(13-20)12-15(18)3/h11-12,17,23H,5-10H2,1-4H3,(H,21,22). The van der Waals surface area contributed by atoms with Crippen LogP contribution in [0.25, 0.3) is 0 Å². The van der Waals surface area contributed by atoms with Crippen molar-refractivity contribution in [3.63, 3.8) is 0 Å². The monoisotopic (exact) mass is 332 g/mol. The fraction of sp³-hybridized carbons (Fsp3) is 0.579. The molecule has 0 radical (unpaired) electrons. The van der Waals surface area contributed by atoms with Gasteiger partial charge >= 0.3 is 140 Å². The molecule has 4 heteroatoms. The van der Waals surface area contributed by atoms with Crippen molar-refractivity contribution in [1.29, 1.82) is 5.26 Å². The van der Waals surface area contributed by atoms with E-state index in [0.29, 0.717) is 5.56 Å². The molecule has 1 aromatic rings. The third-order valence-corrected chi connectivity index (χ3v) is 10.8. The summed E-state index contributed by atoms with van der Waals surface area (Å²) < 4.78 is 0. The number of amides is 1. The minimum absolute atomic E-state index is 0.192. The Morgan fingerprint density at radius 1 is 1.26 bits per heavy atom. The number of nitrogens with zero attached hydrogens (tertiary/aromatic N) is 1. The summed E-state index contributed by atoms with van der Waals surface area (Å²) in [5, 5.41) is 12.2. The molecular weight excluding hydrogens is 303 g/mol. The minimum atomic E-state index is -1.50. The second-order valence-electron chi connectivity index (χ2n) is 7.26. The first kappa shape index (κ1) is 18.0. The van der Waals surface area contributed by atoms with Gasteiger partial charge in [-0.1, -0.05) is 0 Å². The summed E-state index contributed by atoms with van der Waals surface area (Å²) in [6, 6.07) is 5.88. The zero-order valence-electron chi connectivity index (χ0n) is 14.8. The van der Waals surface area contributed by atoms with Gasteiger partial charge in [0.25, 0.3) is 0 Å². The first-order valence-electron chi connectivity index (χ1n) is 8.73. The van der Waals surface area contributed by atoms with Crippen LogP contribution in [0.5, 0.6) is 0 Å². The van der Waals surface area contributed by atoms with Crippen molar-refractivity contribution in [2.75, 3.05) is 24.3 Å². The Morgan fingerprint density at radius 3 is 2.30 bits per heavy atom.